The van der Waals surface area contributed by atoms with Gasteiger partial charge in [-0.1, -0.05) is 63.3 Å². The Kier molecular flexibility index (Phi) is 6.71. The fourth-order valence-corrected chi connectivity index (χ4v) is 2.13. The van der Waals surface area contributed by atoms with Crippen LogP contribution >= 0.6 is 0 Å². The van der Waals surface area contributed by atoms with Crippen LogP contribution in [0.25, 0.3) is 0 Å². The maximum Gasteiger partial charge on any atom is 0.330 e. The van der Waals surface area contributed by atoms with Crippen LogP contribution < -0.4 is 10.1 Å². The van der Waals surface area contributed by atoms with Crippen molar-refractivity contribution in [2.45, 2.75) is 33.4 Å². The van der Waals surface area contributed by atoms with Crippen molar-refractivity contribution in [3.63, 3.8) is 0 Å². The van der Waals surface area contributed by atoms with Gasteiger partial charge in [0.25, 0.3) is 5.91 Å². The van der Waals surface area contributed by atoms with E-state index in [0.717, 1.165) is 5.56 Å². The second kappa shape index (κ2) is 8.98. The number of hydrogen-bond donors (Lipinski definition) is 2. The quantitative estimate of drug-likeness (QED) is 0.731. The zero-order valence-corrected chi connectivity index (χ0v) is 15.7. The molecule has 0 aliphatic heterocycles. The van der Waals surface area contributed by atoms with Crippen molar-refractivity contribution in [1.29, 1.82) is 0 Å². The van der Waals surface area contributed by atoms with Gasteiger partial charge in [-0.15, -0.1) is 0 Å². The van der Waals surface area contributed by atoms with Crippen molar-refractivity contribution in [3.05, 3.63) is 71.9 Å². The number of nitrogens with zero attached hydrogens (tertiary/aromatic N) is 1. The number of carbonyl (C=O) groups excluding carboxylic acids is 1. The molecule has 27 heavy (non-hydrogen) atoms. The Morgan fingerprint density at radius 1 is 1.19 bits per heavy atom. The smallest absolute Gasteiger partial charge is 0.330 e. The van der Waals surface area contributed by atoms with E-state index < -0.39 is 17.9 Å². The normalized spacial score (nSPS) is 12.6. The van der Waals surface area contributed by atoms with Crippen LogP contribution in [0.3, 0.4) is 0 Å². The molecule has 0 aliphatic carbocycles. The molecule has 6 nitrogen and oxygen atoms in total. The van der Waals surface area contributed by atoms with Crippen LogP contribution in [0.15, 0.2) is 60.8 Å². The van der Waals surface area contributed by atoms with Crippen molar-refractivity contribution in [2.75, 3.05) is 0 Å². The molecular weight excluding hydrogens is 344 g/mol. The molecule has 0 saturated heterocycles. The molecule has 0 saturated carbocycles. The van der Waals surface area contributed by atoms with Gasteiger partial charge < -0.3 is 15.2 Å². The van der Waals surface area contributed by atoms with Gasteiger partial charge in [-0.2, -0.15) is 0 Å². The fourth-order valence-electron chi connectivity index (χ4n) is 2.13. The highest BCUT2D eigenvalue weighted by molar-refractivity contribution is 5.96. The molecule has 0 bridgehead atoms. The summed E-state index contributed by atoms with van der Waals surface area (Å²) in [7, 11) is 0. The first-order chi connectivity index (χ1) is 12.7. The summed E-state index contributed by atoms with van der Waals surface area (Å²) in [6.45, 7) is 6.21. The van der Waals surface area contributed by atoms with E-state index in [1.807, 2.05) is 51.1 Å². The van der Waals surface area contributed by atoms with Crippen molar-refractivity contribution in [3.8, 4) is 5.88 Å². The number of aliphatic carboxylic acids is 1. The third-order valence-corrected chi connectivity index (χ3v) is 3.57. The number of rotatable bonds is 7. The summed E-state index contributed by atoms with van der Waals surface area (Å²) in [5.41, 5.74) is 1.09. The van der Waals surface area contributed by atoms with Gasteiger partial charge in [0.1, 0.15) is 12.6 Å². The lowest BCUT2D eigenvalue weighted by molar-refractivity contribution is -0.137. The zero-order valence-electron chi connectivity index (χ0n) is 15.7. The summed E-state index contributed by atoms with van der Waals surface area (Å²) >= 11 is 0. The number of ether oxygens (including phenoxy) is 1. The van der Waals surface area contributed by atoms with Crippen molar-refractivity contribution < 1.29 is 19.4 Å². The monoisotopic (exact) mass is 368 g/mol. The molecule has 0 aliphatic rings. The average Bonchev–Trinajstić information content (AvgIpc) is 2.63. The van der Waals surface area contributed by atoms with Crippen molar-refractivity contribution in [2.24, 2.45) is 5.41 Å². The van der Waals surface area contributed by atoms with E-state index in [2.05, 4.69) is 10.3 Å². The Hall–Kier alpha value is -3.15. The molecule has 2 rings (SSSR count). The maximum absolute atomic E-state index is 12.3. The van der Waals surface area contributed by atoms with Gasteiger partial charge in [0, 0.05) is 12.3 Å². The topological polar surface area (TPSA) is 88.5 Å². The van der Waals surface area contributed by atoms with Gasteiger partial charge in [-0.3, -0.25) is 4.79 Å². The number of hydrogen-bond acceptors (Lipinski definition) is 4. The molecule has 1 unspecified atom stereocenters. The van der Waals surface area contributed by atoms with Crippen LogP contribution in [0.5, 0.6) is 5.88 Å². The maximum atomic E-state index is 12.3. The van der Waals surface area contributed by atoms with Gasteiger partial charge in [0.2, 0.25) is 5.88 Å². The SMILES string of the molecule is CC(C)(C)/C=C/C(NC(=O)c1ccc(OCc2ccccc2)nc1)C(=O)O. The molecule has 0 radical (unpaired) electrons. The molecule has 0 fully saturated rings. The number of amides is 1. The van der Waals surface area contributed by atoms with E-state index in [-0.39, 0.29) is 11.0 Å². The lowest BCUT2D eigenvalue weighted by Gasteiger charge is -2.15. The molecule has 2 aromatic rings. The number of pyridine rings is 1. The molecule has 6 heteroatoms. The molecule has 1 aromatic carbocycles. The minimum Gasteiger partial charge on any atom is -0.479 e. The lowest BCUT2D eigenvalue weighted by Crippen LogP contribution is -2.39. The first-order valence-corrected chi connectivity index (χ1v) is 8.60. The molecule has 142 valence electrons. The van der Waals surface area contributed by atoms with Crippen LogP contribution in [-0.4, -0.2) is 28.0 Å². The van der Waals surface area contributed by atoms with Gasteiger partial charge in [0.05, 0.1) is 5.56 Å². The van der Waals surface area contributed by atoms with Crippen LogP contribution in [-0.2, 0) is 11.4 Å². The van der Waals surface area contributed by atoms with Crippen LogP contribution in [0, 0.1) is 5.41 Å². The van der Waals surface area contributed by atoms with E-state index >= 15 is 0 Å². The number of carbonyl (C=O) groups is 2. The van der Waals surface area contributed by atoms with Crippen LogP contribution in [0.2, 0.25) is 0 Å². The Bertz CT molecular complexity index is 793. The summed E-state index contributed by atoms with van der Waals surface area (Å²) in [5.74, 6) is -1.25. The van der Waals surface area contributed by atoms with E-state index in [0.29, 0.717) is 12.5 Å². The Balaban J connectivity index is 1.97. The van der Waals surface area contributed by atoms with Gasteiger partial charge >= 0.3 is 5.97 Å². The second-order valence-electron chi connectivity index (χ2n) is 7.17. The average molecular weight is 368 g/mol. The molecule has 1 amide bonds. The number of allylic oxidation sites excluding steroid dienone is 1. The van der Waals surface area contributed by atoms with Gasteiger partial charge in [0.15, 0.2) is 0 Å². The molecule has 1 aromatic heterocycles. The Morgan fingerprint density at radius 3 is 2.44 bits per heavy atom. The largest absolute Gasteiger partial charge is 0.479 e. The lowest BCUT2D eigenvalue weighted by atomic mass is 9.95. The molecule has 1 heterocycles. The predicted molar refractivity (Wildman–Crippen MR) is 102 cm³/mol. The third kappa shape index (κ3) is 6.93. The number of aromatic nitrogens is 1. The highest BCUT2D eigenvalue weighted by Crippen LogP contribution is 2.15. The summed E-state index contributed by atoms with van der Waals surface area (Å²) in [6, 6.07) is 11.7. The summed E-state index contributed by atoms with van der Waals surface area (Å²) in [6.07, 6.45) is 4.60. The number of carboxylic acid groups (broad SMARTS) is 1. The van der Waals surface area contributed by atoms with E-state index in [4.69, 9.17) is 4.74 Å². The first kappa shape index (κ1) is 20.2. The Labute approximate surface area is 158 Å². The minimum absolute atomic E-state index is 0.183. The predicted octanol–water partition coefficient (Wildman–Crippen LogP) is 3.45. The summed E-state index contributed by atoms with van der Waals surface area (Å²) in [5, 5.41) is 11.8. The number of benzene rings is 1. The van der Waals surface area contributed by atoms with Crippen molar-refractivity contribution >= 4 is 11.9 Å². The minimum atomic E-state index is -1.13. The van der Waals surface area contributed by atoms with E-state index in [1.165, 1.54) is 12.3 Å². The third-order valence-electron chi connectivity index (χ3n) is 3.57. The molecule has 1 atom stereocenters. The van der Waals surface area contributed by atoms with E-state index in [1.54, 1.807) is 18.2 Å². The van der Waals surface area contributed by atoms with Crippen LogP contribution in [0.1, 0.15) is 36.7 Å². The van der Waals surface area contributed by atoms with Gasteiger partial charge in [-0.25, -0.2) is 9.78 Å². The highest BCUT2D eigenvalue weighted by Gasteiger charge is 2.19. The molecule has 0 spiro atoms. The standard InChI is InChI=1S/C21H24N2O4/c1-21(2,3)12-11-17(20(25)26)23-19(24)16-9-10-18(22-13-16)27-14-15-7-5-4-6-8-15/h4-13,17H,14H2,1-3H3,(H,23,24)(H,25,26)/b12-11+. The first-order valence-electron chi connectivity index (χ1n) is 8.60. The highest BCUT2D eigenvalue weighted by atomic mass is 16.5. The number of nitrogens with one attached hydrogen (secondary N) is 1. The number of carboxylic acids is 1. The molecular formula is C21H24N2O4. The van der Waals surface area contributed by atoms with Crippen LogP contribution in [0.4, 0.5) is 0 Å². The molecule has 2 N–H and O–H groups in total. The fraction of sp³-hybridized carbons (Fsp3) is 0.286. The van der Waals surface area contributed by atoms with Gasteiger partial charge in [-0.05, 0) is 17.0 Å². The summed E-state index contributed by atoms with van der Waals surface area (Å²) < 4.78 is 5.57. The Morgan fingerprint density at radius 2 is 1.89 bits per heavy atom. The summed E-state index contributed by atoms with van der Waals surface area (Å²) in [4.78, 5) is 27.7. The van der Waals surface area contributed by atoms with Crippen molar-refractivity contribution in [1.82, 2.24) is 10.3 Å². The zero-order chi connectivity index (χ0) is 19.9. The second-order valence-corrected chi connectivity index (χ2v) is 7.17. The van der Waals surface area contributed by atoms with E-state index in [9.17, 15) is 14.7 Å².